The first-order valence-electron chi connectivity index (χ1n) is 15.9. The molecule has 3 rings (SSSR count). The van der Waals surface area contributed by atoms with Crippen molar-refractivity contribution in [1.82, 2.24) is 10.6 Å². The number of amides is 2. The molecule has 16 atom stereocenters. The van der Waals surface area contributed by atoms with E-state index in [2.05, 4.69) is 10.6 Å². The summed E-state index contributed by atoms with van der Waals surface area (Å²) in [4.78, 5) is 36.5. The SMILES string of the molecule is CC(=O)N[C@H]1[C@H](OCCCN)O[C@H](CO)[C@@H](O[C@@H]2O[C@H](CO)[C@H](O)[C@H](O[C@]3(C(=O)O)C[C@H](O)[C@@H](NC(C)=O)[C@H]([C@H](O)[C@H](O)CO)O3)[C@H]2O)[C@@H]1O. The van der Waals surface area contributed by atoms with E-state index in [1.807, 2.05) is 0 Å². The average Bonchev–Trinajstić information content (AvgIpc) is 3.06. The number of nitrogens with one attached hydrogen (secondary N) is 2. The number of carbonyl (C=O) groups excluding carboxylic acids is 2. The van der Waals surface area contributed by atoms with Crippen LogP contribution in [0.4, 0.5) is 0 Å². The van der Waals surface area contributed by atoms with Crippen molar-refractivity contribution in [2.45, 2.75) is 124 Å². The molecule has 14 N–H and O–H groups in total. The van der Waals surface area contributed by atoms with Crippen LogP contribution in [0.1, 0.15) is 26.7 Å². The third-order valence-electron chi connectivity index (χ3n) is 8.48. The standard InChI is InChI=1S/C28H49N3O19/c1-10(35)30-16-12(37)6-28(27(43)44,49-23(16)18(39)13(38)7-32)50-24-19(40)14(8-33)46-26(21(24)42)48-22-15(9-34)47-25(45-5-3-4-29)17(20(22)41)31-11(2)36/h12-26,32-34,37-42H,3-9,29H2,1-2H3,(H,30,35)(H,31,36)(H,43,44)/t12-,13+,14+,15+,16+,17+,18+,19-,20+,21+,22+,23+,24-,25+,26-,28-/m0/s1. The lowest BCUT2D eigenvalue weighted by Gasteiger charge is -2.51. The molecule has 0 saturated carbocycles. The summed E-state index contributed by atoms with van der Waals surface area (Å²) in [6, 6.07) is -2.85. The Morgan fingerprint density at radius 1 is 0.880 bits per heavy atom. The monoisotopic (exact) mass is 731 g/mol. The lowest BCUT2D eigenvalue weighted by atomic mass is 9.88. The van der Waals surface area contributed by atoms with Gasteiger partial charge in [-0.15, -0.1) is 0 Å². The molecule has 22 nitrogen and oxygen atoms in total. The molecule has 0 aromatic heterocycles. The molecule has 0 aliphatic carbocycles. The fraction of sp³-hybridized carbons (Fsp3) is 0.893. The second kappa shape index (κ2) is 18.5. The van der Waals surface area contributed by atoms with Crippen LogP contribution in [0, 0.1) is 0 Å². The van der Waals surface area contributed by atoms with Crippen molar-refractivity contribution < 1.29 is 93.9 Å². The predicted octanol–water partition coefficient (Wildman–Crippen LogP) is -7.71. The molecule has 3 aliphatic rings. The third kappa shape index (κ3) is 9.60. The maximum atomic E-state index is 12.7. The third-order valence-corrected chi connectivity index (χ3v) is 8.48. The van der Waals surface area contributed by atoms with E-state index in [1.54, 1.807) is 0 Å². The Morgan fingerprint density at radius 3 is 2.02 bits per heavy atom. The summed E-state index contributed by atoms with van der Waals surface area (Å²) in [5.41, 5.74) is 5.49. The molecule has 2 amide bonds. The minimum atomic E-state index is -3.03. The summed E-state index contributed by atoms with van der Waals surface area (Å²) < 4.78 is 33.9. The molecule has 0 aromatic carbocycles. The zero-order valence-corrected chi connectivity index (χ0v) is 27.3. The van der Waals surface area contributed by atoms with E-state index in [9.17, 15) is 65.4 Å². The Labute approximate surface area is 285 Å². The molecule has 22 heteroatoms. The molecule has 3 saturated heterocycles. The lowest BCUT2D eigenvalue weighted by molar-refractivity contribution is -0.382. The molecule has 0 spiro atoms. The number of aliphatic hydroxyl groups excluding tert-OH is 9. The number of hydrogen-bond acceptors (Lipinski definition) is 19. The molecule has 290 valence electrons. The summed E-state index contributed by atoms with van der Waals surface area (Å²) in [5, 5.41) is 110. The largest absolute Gasteiger partial charge is 0.477 e. The highest BCUT2D eigenvalue weighted by Gasteiger charge is 2.60. The van der Waals surface area contributed by atoms with Gasteiger partial charge < -0.3 is 95.9 Å². The smallest absolute Gasteiger partial charge is 0.364 e. The van der Waals surface area contributed by atoms with Crippen molar-refractivity contribution >= 4 is 17.8 Å². The quantitative estimate of drug-likeness (QED) is 0.0655. The van der Waals surface area contributed by atoms with Crippen LogP contribution in [0.15, 0.2) is 0 Å². The van der Waals surface area contributed by atoms with E-state index in [0.29, 0.717) is 6.42 Å². The van der Waals surface area contributed by atoms with Crippen molar-refractivity contribution in [2.24, 2.45) is 5.73 Å². The van der Waals surface area contributed by atoms with Crippen LogP contribution < -0.4 is 16.4 Å². The molecule has 0 unspecified atom stereocenters. The Bertz CT molecular complexity index is 1120. The van der Waals surface area contributed by atoms with E-state index < -0.39 is 142 Å². The van der Waals surface area contributed by atoms with Crippen LogP contribution in [-0.2, 0) is 42.8 Å². The maximum Gasteiger partial charge on any atom is 0.364 e. The minimum Gasteiger partial charge on any atom is -0.477 e. The summed E-state index contributed by atoms with van der Waals surface area (Å²) in [5.74, 6) is -6.35. The molecule has 3 aliphatic heterocycles. The molecule has 0 radical (unpaired) electrons. The van der Waals surface area contributed by atoms with E-state index >= 15 is 0 Å². The van der Waals surface area contributed by atoms with E-state index in [0.717, 1.165) is 13.8 Å². The summed E-state index contributed by atoms with van der Waals surface area (Å²) in [7, 11) is 0. The van der Waals surface area contributed by atoms with Gasteiger partial charge in [0.25, 0.3) is 5.79 Å². The van der Waals surface area contributed by atoms with Crippen molar-refractivity contribution in [3.63, 3.8) is 0 Å². The first kappa shape index (κ1) is 42.2. The highest BCUT2D eigenvalue weighted by molar-refractivity contribution is 5.76. The number of aliphatic carboxylic acids is 1. The van der Waals surface area contributed by atoms with Gasteiger partial charge in [0, 0.05) is 20.3 Å². The summed E-state index contributed by atoms with van der Waals surface area (Å²) >= 11 is 0. The summed E-state index contributed by atoms with van der Waals surface area (Å²) in [6.07, 6.45) is -24.5. The normalized spacial score (nSPS) is 40.4. The zero-order valence-electron chi connectivity index (χ0n) is 27.3. The number of carbonyl (C=O) groups is 3. The number of nitrogens with two attached hydrogens (primary N) is 1. The second-order valence-corrected chi connectivity index (χ2v) is 12.2. The first-order valence-corrected chi connectivity index (χ1v) is 15.9. The van der Waals surface area contributed by atoms with Crippen LogP contribution in [-0.4, -0.2) is 199 Å². The number of ether oxygens (including phenoxy) is 6. The summed E-state index contributed by atoms with van der Waals surface area (Å²) in [6.45, 7) is -0.317. The van der Waals surface area contributed by atoms with Crippen molar-refractivity contribution in [3.8, 4) is 0 Å². The maximum absolute atomic E-state index is 12.7. The van der Waals surface area contributed by atoms with Crippen LogP contribution in [0.3, 0.4) is 0 Å². The number of carboxylic acid groups (broad SMARTS) is 1. The lowest BCUT2D eigenvalue weighted by Crippen LogP contribution is -2.71. The molecular formula is C28H49N3O19. The number of aliphatic hydroxyl groups is 9. The van der Waals surface area contributed by atoms with Gasteiger partial charge in [-0.2, -0.15) is 0 Å². The fourth-order valence-corrected chi connectivity index (χ4v) is 5.98. The number of rotatable bonds is 16. The van der Waals surface area contributed by atoms with Gasteiger partial charge in [-0.3, -0.25) is 9.59 Å². The van der Waals surface area contributed by atoms with Gasteiger partial charge in [0.2, 0.25) is 11.8 Å². The molecular weight excluding hydrogens is 682 g/mol. The van der Waals surface area contributed by atoms with Crippen molar-refractivity contribution in [3.05, 3.63) is 0 Å². The van der Waals surface area contributed by atoms with Gasteiger partial charge in [0.15, 0.2) is 12.6 Å². The Morgan fingerprint density at radius 2 is 1.48 bits per heavy atom. The second-order valence-electron chi connectivity index (χ2n) is 12.2. The zero-order chi connectivity index (χ0) is 37.5. The van der Waals surface area contributed by atoms with Gasteiger partial charge in [0.05, 0.1) is 38.6 Å². The van der Waals surface area contributed by atoms with Crippen LogP contribution in [0.25, 0.3) is 0 Å². The number of carboxylic acids is 1. The molecule has 0 bridgehead atoms. The van der Waals surface area contributed by atoms with Gasteiger partial charge in [-0.25, -0.2) is 4.79 Å². The highest BCUT2D eigenvalue weighted by atomic mass is 16.8. The topological polar surface area (TPSA) is 359 Å². The average molecular weight is 732 g/mol. The van der Waals surface area contributed by atoms with E-state index in [4.69, 9.17) is 34.2 Å². The number of hydrogen-bond donors (Lipinski definition) is 13. The molecule has 0 aromatic rings. The van der Waals surface area contributed by atoms with Gasteiger partial charge in [0.1, 0.15) is 67.1 Å². The Kier molecular flexibility index (Phi) is 15.6. The highest BCUT2D eigenvalue weighted by Crippen LogP contribution is 2.38. The molecule has 3 fully saturated rings. The van der Waals surface area contributed by atoms with Crippen LogP contribution in [0.5, 0.6) is 0 Å². The van der Waals surface area contributed by atoms with Crippen molar-refractivity contribution in [2.75, 3.05) is 33.0 Å². The van der Waals surface area contributed by atoms with Gasteiger partial charge in [-0.05, 0) is 13.0 Å². The van der Waals surface area contributed by atoms with E-state index in [1.165, 1.54) is 0 Å². The van der Waals surface area contributed by atoms with E-state index in [-0.39, 0.29) is 13.2 Å². The predicted molar refractivity (Wildman–Crippen MR) is 159 cm³/mol. The molecule has 50 heavy (non-hydrogen) atoms. The molecule has 3 heterocycles. The van der Waals surface area contributed by atoms with Crippen molar-refractivity contribution in [1.29, 1.82) is 0 Å². The van der Waals surface area contributed by atoms with Gasteiger partial charge >= 0.3 is 5.97 Å². The Balaban J connectivity index is 1.94. The van der Waals surface area contributed by atoms with Crippen LogP contribution in [0.2, 0.25) is 0 Å². The Hall–Kier alpha value is -2.23. The first-order chi connectivity index (χ1) is 23.5. The minimum absolute atomic E-state index is 0.0533. The van der Waals surface area contributed by atoms with Gasteiger partial charge in [-0.1, -0.05) is 0 Å². The fourth-order valence-electron chi connectivity index (χ4n) is 5.98. The van der Waals surface area contributed by atoms with Crippen LogP contribution >= 0.6 is 0 Å².